The van der Waals surface area contributed by atoms with Crippen LogP contribution in [0.3, 0.4) is 0 Å². The van der Waals surface area contributed by atoms with E-state index in [1.165, 1.54) is 11.8 Å². The minimum atomic E-state index is -0.811. The Bertz CT molecular complexity index is 1250. The monoisotopic (exact) mass is 465 g/mol. The number of benzene rings is 1. The van der Waals surface area contributed by atoms with Crippen molar-refractivity contribution >= 4 is 45.7 Å². The summed E-state index contributed by atoms with van der Waals surface area (Å²) >= 11 is 0. The Kier molecular flexibility index (Phi) is 6.60. The number of aromatic nitrogens is 2. The second-order valence-electron chi connectivity index (χ2n) is 8.55. The molecule has 2 aromatic heterocycles. The molecular weight excluding hydrogens is 437 g/mol. The number of rotatable bonds is 6. The van der Waals surface area contributed by atoms with Gasteiger partial charge in [0.1, 0.15) is 5.82 Å². The van der Waals surface area contributed by atoms with Crippen LogP contribution in [-0.4, -0.2) is 40.9 Å². The Balaban J connectivity index is 1.68. The molecule has 1 saturated carbocycles. The molecule has 178 valence electrons. The number of para-hydroxylation sites is 1. The van der Waals surface area contributed by atoms with E-state index >= 15 is 0 Å². The van der Waals surface area contributed by atoms with Crippen LogP contribution in [0.25, 0.3) is 10.9 Å². The van der Waals surface area contributed by atoms with Crippen LogP contribution in [0.2, 0.25) is 0 Å². The predicted molar refractivity (Wildman–Crippen MR) is 131 cm³/mol. The first-order valence-corrected chi connectivity index (χ1v) is 11.2. The zero-order valence-electron chi connectivity index (χ0n) is 19.1. The molecule has 34 heavy (non-hydrogen) atoms. The predicted octanol–water partition coefficient (Wildman–Crippen LogP) is 3.28. The molecule has 0 spiro atoms. The lowest BCUT2D eigenvalue weighted by Crippen LogP contribution is -2.43. The number of hydrogen-bond donors (Lipinski definition) is 4. The van der Waals surface area contributed by atoms with E-state index in [-0.39, 0.29) is 35.2 Å². The van der Waals surface area contributed by atoms with E-state index in [2.05, 4.69) is 20.6 Å². The topological polar surface area (TPSA) is 139 Å². The summed E-state index contributed by atoms with van der Waals surface area (Å²) in [6, 6.07) is 8.15. The van der Waals surface area contributed by atoms with E-state index in [4.69, 9.17) is 11.5 Å². The summed E-state index contributed by atoms with van der Waals surface area (Å²) in [5.41, 5.74) is 13.4. The van der Waals surface area contributed by atoms with Gasteiger partial charge in [-0.25, -0.2) is 9.37 Å². The number of fused-ring (bicyclic) bond motifs is 1. The summed E-state index contributed by atoms with van der Waals surface area (Å²) in [7, 11) is 1.68. The van der Waals surface area contributed by atoms with Gasteiger partial charge < -0.3 is 27.0 Å². The number of nitrogens with one attached hydrogen (secondary N) is 2. The van der Waals surface area contributed by atoms with Crippen LogP contribution in [0, 0.1) is 5.82 Å². The Morgan fingerprint density at radius 1 is 1.18 bits per heavy atom. The van der Waals surface area contributed by atoms with Crippen molar-refractivity contribution in [1.29, 1.82) is 0 Å². The zero-order chi connectivity index (χ0) is 24.4. The molecule has 0 aliphatic heterocycles. The third-order valence-electron chi connectivity index (χ3n) is 6.17. The first kappa shape index (κ1) is 23.4. The smallest absolute Gasteiger partial charge is 0.252 e. The Hall–Kier alpha value is -3.79. The number of pyridine rings is 2. The highest BCUT2D eigenvalue weighted by atomic mass is 19.1. The highest BCUT2D eigenvalue weighted by molar-refractivity contribution is 6.02. The lowest BCUT2D eigenvalue weighted by molar-refractivity contribution is -0.116. The average molecular weight is 466 g/mol. The van der Waals surface area contributed by atoms with Gasteiger partial charge in [0.2, 0.25) is 5.91 Å². The zero-order valence-corrected chi connectivity index (χ0v) is 19.1. The lowest BCUT2D eigenvalue weighted by atomic mass is 9.91. The average Bonchev–Trinajstić information content (AvgIpc) is 2.81. The van der Waals surface area contributed by atoms with Gasteiger partial charge in [0.15, 0.2) is 11.6 Å². The molecule has 0 unspecified atom stereocenters. The van der Waals surface area contributed by atoms with Crippen molar-refractivity contribution in [1.82, 2.24) is 9.97 Å². The maximum atomic E-state index is 14.8. The van der Waals surface area contributed by atoms with Crippen molar-refractivity contribution in [2.24, 2.45) is 11.5 Å². The van der Waals surface area contributed by atoms with Gasteiger partial charge >= 0.3 is 0 Å². The normalized spacial score (nSPS) is 17.9. The Morgan fingerprint density at radius 2 is 1.94 bits per heavy atom. The third kappa shape index (κ3) is 4.76. The third-order valence-corrected chi connectivity index (χ3v) is 6.17. The standard InChI is InChI=1S/C24H28FN7O2/c1-13(33)32(2)20-9-5-6-14-10-15(12-28-21(14)20)29-23-16(22(27)34)11-17(25)24(31-23)30-19-8-4-3-7-18(19)26/h5-6,9-12,18-19H,3-4,7-8,26H2,1-2H3,(H2,27,34)(H2,29,30,31)/t18-,19+/m0/s1. The van der Waals surface area contributed by atoms with Gasteiger partial charge in [-0.15, -0.1) is 0 Å². The SMILES string of the molecule is CC(=O)N(C)c1cccc2cc(Nc3nc(N[C@@H]4CCCC[C@@H]4N)c(F)cc3C(N)=O)cnc12. The molecule has 4 rings (SSSR count). The van der Waals surface area contributed by atoms with Crippen molar-refractivity contribution in [2.75, 3.05) is 22.6 Å². The Labute approximate surface area is 196 Å². The molecule has 0 bridgehead atoms. The second kappa shape index (κ2) is 9.60. The quantitative estimate of drug-likeness (QED) is 0.438. The van der Waals surface area contributed by atoms with E-state index < -0.39 is 11.7 Å². The Morgan fingerprint density at radius 3 is 2.65 bits per heavy atom. The summed E-state index contributed by atoms with van der Waals surface area (Å²) in [6.07, 6.45) is 5.27. The molecule has 3 aromatic rings. The van der Waals surface area contributed by atoms with E-state index in [1.807, 2.05) is 18.2 Å². The molecule has 1 fully saturated rings. The first-order chi connectivity index (χ1) is 16.2. The van der Waals surface area contributed by atoms with Crippen molar-refractivity contribution < 1.29 is 14.0 Å². The number of carbonyl (C=O) groups is 2. The molecule has 6 N–H and O–H groups in total. The van der Waals surface area contributed by atoms with Crippen LogP contribution >= 0.6 is 0 Å². The van der Waals surface area contributed by atoms with Gasteiger partial charge in [0.25, 0.3) is 5.91 Å². The van der Waals surface area contributed by atoms with E-state index in [1.54, 1.807) is 19.3 Å². The number of primary amides is 1. The van der Waals surface area contributed by atoms with Gasteiger partial charge in [-0.3, -0.25) is 14.6 Å². The molecule has 1 aliphatic rings. The van der Waals surface area contributed by atoms with E-state index in [9.17, 15) is 14.0 Å². The van der Waals surface area contributed by atoms with Crippen LogP contribution in [0.4, 0.5) is 27.4 Å². The van der Waals surface area contributed by atoms with Crippen LogP contribution < -0.4 is 27.0 Å². The molecule has 2 amide bonds. The molecule has 2 atom stereocenters. The van der Waals surface area contributed by atoms with Crippen LogP contribution in [0.1, 0.15) is 43.0 Å². The summed E-state index contributed by atoms with van der Waals surface area (Å²) in [5.74, 6) is -1.48. The summed E-state index contributed by atoms with van der Waals surface area (Å²) in [4.78, 5) is 34.1. The van der Waals surface area contributed by atoms with Crippen LogP contribution in [-0.2, 0) is 4.79 Å². The van der Waals surface area contributed by atoms with E-state index in [0.29, 0.717) is 16.9 Å². The molecule has 0 saturated heterocycles. The highest BCUT2D eigenvalue weighted by Gasteiger charge is 2.24. The number of halogens is 1. The molecule has 10 heteroatoms. The van der Waals surface area contributed by atoms with Crippen LogP contribution in [0.15, 0.2) is 36.5 Å². The van der Waals surface area contributed by atoms with Gasteiger partial charge in [-0.2, -0.15) is 0 Å². The van der Waals surface area contributed by atoms with Gasteiger partial charge in [0.05, 0.1) is 28.7 Å². The van der Waals surface area contributed by atoms with Crippen molar-refractivity contribution in [3.05, 3.63) is 47.9 Å². The fourth-order valence-electron chi connectivity index (χ4n) is 4.18. The lowest BCUT2D eigenvalue weighted by Gasteiger charge is -2.30. The minimum Gasteiger partial charge on any atom is -0.365 e. The molecule has 2 heterocycles. The first-order valence-electron chi connectivity index (χ1n) is 11.2. The number of carbonyl (C=O) groups excluding carboxylic acids is 2. The summed E-state index contributed by atoms with van der Waals surface area (Å²) in [6.45, 7) is 1.48. The molecular formula is C24H28FN7O2. The number of anilines is 4. The highest BCUT2D eigenvalue weighted by Crippen LogP contribution is 2.30. The largest absolute Gasteiger partial charge is 0.365 e. The maximum absolute atomic E-state index is 14.8. The van der Waals surface area contributed by atoms with E-state index in [0.717, 1.165) is 37.1 Å². The van der Waals surface area contributed by atoms with Crippen molar-refractivity contribution in [2.45, 2.75) is 44.7 Å². The molecule has 9 nitrogen and oxygen atoms in total. The minimum absolute atomic E-state index is 0.00830. The van der Waals surface area contributed by atoms with Gasteiger partial charge in [-0.05, 0) is 31.0 Å². The fourth-order valence-corrected chi connectivity index (χ4v) is 4.18. The number of amides is 2. The maximum Gasteiger partial charge on any atom is 0.252 e. The second-order valence-corrected chi connectivity index (χ2v) is 8.55. The molecule has 0 radical (unpaired) electrons. The van der Waals surface area contributed by atoms with Gasteiger partial charge in [-0.1, -0.05) is 25.0 Å². The van der Waals surface area contributed by atoms with Gasteiger partial charge in [0, 0.05) is 31.4 Å². The van der Waals surface area contributed by atoms with Crippen LogP contribution in [0.5, 0.6) is 0 Å². The fraction of sp³-hybridized carbons (Fsp3) is 0.333. The number of nitrogens with two attached hydrogens (primary N) is 2. The van der Waals surface area contributed by atoms with Crippen molar-refractivity contribution in [3.63, 3.8) is 0 Å². The summed E-state index contributed by atoms with van der Waals surface area (Å²) < 4.78 is 14.8. The molecule has 1 aliphatic carbocycles. The summed E-state index contributed by atoms with van der Waals surface area (Å²) in [5, 5.41) is 6.90. The number of nitrogens with zero attached hydrogens (tertiary/aromatic N) is 3. The molecule has 1 aromatic carbocycles. The van der Waals surface area contributed by atoms with Crippen molar-refractivity contribution in [3.8, 4) is 0 Å². The number of hydrogen-bond acceptors (Lipinski definition) is 7.